The minimum absolute atomic E-state index is 0.695. The zero-order valence-electron chi connectivity index (χ0n) is 6.70. The van der Waals surface area contributed by atoms with Crippen LogP contribution < -0.4 is 5.73 Å². The van der Waals surface area contributed by atoms with E-state index in [9.17, 15) is 0 Å². The Hall–Kier alpha value is -1.09. The average molecular weight is 151 g/mol. The Kier molecular flexibility index (Phi) is 2.86. The molecule has 11 heavy (non-hydrogen) atoms. The average Bonchev–Trinajstić information content (AvgIpc) is 2.37. The van der Waals surface area contributed by atoms with Crippen LogP contribution in [0.15, 0.2) is 18.5 Å². The van der Waals surface area contributed by atoms with Crippen LogP contribution in [0.25, 0.3) is 6.08 Å². The maximum absolute atomic E-state index is 5.33. The Balaban J connectivity index is 2.56. The molecule has 0 saturated heterocycles. The van der Waals surface area contributed by atoms with Crippen molar-refractivity contribution in [3.8, 4) is 0 Å². The van der Waals surface area contributed by atoms with Crippen molar-refractivity contribution in [3.63, 3.8) is 0 Å². The Morgan fingerprint density at radius 1 is 1.73 bits per heavy atom. The fourth-order valence-electron chi connectivity index (χ4n) is 0.823. The van der Waals surface area contributed by atoms with E-state index in [0.717, 1.165) is 12.2 Å². The van der Waals surface area contributed by atoms with Crippen molar-refractivity contribution in [2.45, 2.75) is 6.42 Å². The van der Waals surface area contributed by atoms with Gasteiger partial charge < -0.3 is 10.3 Å². The maximum Gasteiger partial charge on any atom is 0.131 e. The van der Waals surface area contributed by atoms with Gasteiger partial charge in [-0.2, -0.15) is 0 Å². The first-order valence-corrected chi connectivity index (χ1v) is 3.68. The Morgan fingerprint density at radius 3 is 3.09 bits per heavy atom. The van der Waals surface area contributed by atoms with Crippen molar-refractivity contribution in [2.75, 3.05) is 6.54 Å². The van der Waals surface area contributed by atoms with E-state index >= 15 is 0 Å². The predicted octanol–water partition coefficient (Wildman–Crippen LogP) is 0.782. The Bertz CT molecular complexity index is 237. The molecular weight excluding hydrogens is 138 g/mol. The van der Waals surface area contributed by atoms with Crippen molar-refractivity contribution in [2.24, 2.45) is 12.8 Å². The molecule has 0 radical (unpaired) electrons. The van der Waals surface area contributed by atoms with Crippen LogP contribution in [0.5, 0.6) is 0 Å². The van der Waals surface area contributed by atoms with Crippen molar-refractivity contribution in [1.82, 2.24) is 9.55 Å². The molecule has 2 N–H and O–H groups in total. The van der Waals surface area contributed by atoms with E-state index in [4.69, 9.17) is 5.73 Å². The van der Waals surface area contributed by atoms with Gasteiger partial charge in [-0.15, -0.1) is 0 Å². The molecule has 3 nitrogen and oxygen atoms in total. The molecule has 0 spiro atoms. The minimum atomic E-state index is 0.695. The van der Waals surface area contributed by atoms with Gasteiger partial charge in [0.25, 0.3) is 0 Å². The molecule has 0 bridgehead atoms. The van der Waals surface area contributed by atoms with E-state index < -0.39 is 0 Å². The summed E-state index contributed by atoms with van der Waals surface area (Å²) in [4.78, 5) is 4.12. The first-order valence-electron chi connectivity index (χ1n) is 3.68. The molecule has 0 aromatic carbocycles. The van der Waals surface area contributed by atoms with E-state index in [2.05, 4.69) is 4.98 Å². The number of nitrogens with zero attached hydrogens (tertiary/aromatic N) is 2. The van der Waals surface area contributed by atoms with Gasteiger partial charge in [-0.05, 0) is 19.0 Å². The van der Waals surface area contributed by atoms with Gasteiger partial charge >= 0.3 is 0 Å². The molecule has 1 aromatic heterocycles. The van der Waals surface area contributed by atoms with Gasteiger partial charge in [-0.3, -0.25) is 0 Å². The van der Waals surface area contributed by atoms with Crippen LogP contribution in [0, 0.1) is 0 Å². The minimum Gasteiger partial charge on any atom is -0.335 e. The van der Waals surface area contributed by atoms with Crippen molar-refractivity contribution >= 4 is 6.08 Å². The van der Waals surface area contributed by atoms with Crippen LogP contribution in [0.2, 0.25) is 0 Å². The summed E-state index contributed by atoms with van der Waals surface area (Å²) >= 11 is 0. The number of aryl methyl sites for hydroxylation is 1. The molecule has 0 atom stereocenters. The van der Waals surface area contributed by atoms with Crippen molar-refractivity contribution in [3.05, 3.63) is 24.3 Å². The summed E-state index contributed by atoms with van der Waals surface area (Å²) in [7, 11) is 1.97. The molecule has 0 unspecified atom stereocenters. The summed E-state index contributed by atoms with van der Waals surface area (Å²) in [6.45, 7) is 0.695. The molecule has 0 fully saturated rings. The van der Waals surface area contributed by atoms with Crippen LogP contribution in [-0.4, -0.2) is 16.1 Å². The molecule has 0 aliphatic heterocycles. The fourth-order valence-corrected chi connectivity index (χ4v) is 0.823. The number of aromatic nitrogens is 2. The normalized spacial score (nSPS) is 11.1. The monoisotopic (exact) mass is 151 g/mol. The number of imidazole rings is 1. The van der Waals surface area contributed by atoms with Gasteiger partial charge in [0.1, 0.15) is 5.82 Å². The molecule has 0 amide bonds. The molecule has 0 saturated carbocycles. The zero-order chi connectivity index (χ0) is 8.10. The van der Waals surface area contributed by atoms with E-state index in [1.807, 2.05) is 30.0 Å². The molecule has 0 aliphatic rings. The highest BCUT2D eigenvalue weighted by Gasteiger charge is 1.89. The second-order valence-corrected chi connectivity index (χ2v) is 2.38. The van der Waals surface area contributed by atoms with Gasteiger partial charge in [0.15, 0.2) is 0 Å². The van der Waals surface area contributed by atoms with E-state index in [1.165, 1.54) is 0 Å². The highest BCUT2D eigenvalue weighted by molar-refractivity contribution is 5.39. The topological polar surface area (TPSA) is 43.8 Å². The highest BCUT2D eigenvalue weighted by Crippen LogP contribution is 1.97. The van der Waals surface area contributed by atoms with Gasteiger partial charge in [0.05, 0.1) is 0 Å². The van der Waals surface area contributed by atoms with Crippen LogP contribution in [0.4, 0.5) is 0 Å². The zero-order valence-corrected chi connectivity index (χ0v) is 6.70. The molecule has 60 valence electrons. The second kappa shape index (κ2) is 3.93. The lowest BCUT2D eigenvalue weighted by Gasteiger charge is -1.92. The number of hydrogen-bond donors (Lipinski definition) is 1. The fraction of sp³-hybridized carbons (Fsp3) is 0.375. The predicted molar refractivity (Wildman–Crippen MR) is 45.9 cm³/mol. The Labute approximate surface area is 66.5 Å². The Morgan fingerprint density at radius 2 is 2.55 bits per heavy atom. The largest absolute Gasteiger partial charge is 0.335 e. The number of hydrogen-bond acceptors (Lipinski definition) is 2. The number of nitrogens with two attached hydrogens (primary N) is 1. The smallest absolute Gasteiger partial charge is 0.131 e. The summed E-state index contributed by atoms with van der Waals surface area (Å²) in [5.41, 5.74) is 5.33. The lowest BCUT2D eigenvalue weighted by atomic mass is 10.4. The molecule has 1 heterocycles. The third-order valence-corrected chi connectivity index (χ3v) is 1.46. The summed E-state index contributed by atoms with van der Waals surface area (Å²) in [6, 6.07) is 0. The van der Waals surface area contributed by atoms with Crippen molar-refractivity contribution in [1.29, 1.82) is 0 Å². The van der Waals surface area contributed by atoms with Gasteiger partial charge in [0, 0.05) is 19.4 Å². The summed E-state index contributed by atoms with van der Waals surface area (Å²) < 4.78 is 1.97. The molecule has 1 rings (SSSR count). The summed E-state index contributed by atoms with van der Waals surface area (Å²) in [5.74, 6) is 0.971. The first-order chi connectivity index (χ1) is 5.34. The quantitative estimate of drug-likeness (QED) is 0.693. The van der Waals surface area contributed by atoms with Crippen LogP contribution in [-0.2, 0) is 7.05 Å². The lowest BCUT2D eigenvalue weighted by Crippen LogP contribution is -1.95. The van der Waals surface area contributed by atoms with Gasteiger partial charge in [-0.25, -0.2) is 4.98 Å². The number of rotatable bonds is 3. The van der Waals surface area contributed by atoms with E-state index in [1.54, 1.807) is 6.20 Å². The van der Waals surface area contributed by atoms with E-state index in [0.29, 0.717) is 6.54 Å². The maximum atomic E-state index is 5.33. The van der Waals surface area contributed by atoms with E-state index in [-0.39, 0.29) is 0 Å². The first kappa shape index (κ1) is 8.01. The van der Waals surface area contributed by atoms with Crippen LogP contribution in [0.1, 0.15) is 12.2 Å². The molecular formula is C8H13N3. The lowest BCUT2D eigenvalue weighted by molar-refractivity contribution is 0.895. The van der Waals surface area contributed by atoms with Gasteiger partial charge in [-0.1, -0.05) is 6.08 Å². The molecule has 3 heteroatoms. The summed E-state index contributed by atoms with van der Waals surface area (Å²) in [6.07, 6.45) is 8.62. The third-order valence-electron chi connectivity index (χ3n) is 1.46. The third kappa shape index (κ3) is 2.20. The summed E-state index contributed by atoms with van der Waals surface area (Å²) in [5, 5.41) is 0. The molecule has 1 aromatic rings. The highest BCUT2D eigenvalue weighted by atomic mass is 15.0. The standard InChI is InChI=1S/C8H13N3/c1-11-7-6-10-8(11)4-2-3-5-9/h2,4,6-7H,3,5,9H2,1H3/b4-2+. The van der Waals surface area contributed by atoms with Gasteiger partial charge in [0.2, 0.25) is 0 Å². The van der Waals surface area contributed by atoms with Crippen molar-refractivity contribution < 1.29 is 0 Å². The SMILES string of the molecule is Cn1ccnc1/C=C/CCN. The second-order valence-electron chi connectivity index (χ2n) is 2.38. The van der Waals surface area contributed by atoms with Crippen LogP contribution >= 0.6 is 0 Å². The van der Waals surface area contributed by atoms with Crippen LogP contribution in [0.3, 0.4) is 0 Å². The molecule has 0 aliphatic carbocycles.